The Morgan fingerprint density at radius 3 is 2.33 bits per heavy atom. The van der Waals surface area contributed by atoms with E-state index in [1.54, 1.807) is 17.1 Å². The molecule has 2 N–H and O–H groups in total. The Hall–Kier alpha value is -1.34. The maximum absolute atomic E-state index is 11.8. The van der Waals surface area contributed by atoms with Gasteiger partial charge in [-0.05, 0) is 25.2 Å². The number of hydrogen-bond acceptors (Lipinski definition) is 4. The first-order chi connectivity index (χ1) is 9.95. The van der Waals surface area contributed by atoms with Crippen LogP contribution in [0.2, 0.25) is 10.0 Å². The monoisotopic (exact) mass is 330 g/mol. The number of likely N-dealkylation sites (N-methyl/N-ethyl adjacent to an activating group) is 1. The van der Waals surface area contributed by atoms with Crippen LogP contribution in [0.15, 0.2) is 18.2 Å². The summed E-state index contributed by atoms with van der Waals surface area (Å²) in [4.78, 5) is 25.8. The Balaban J connectivity index is 1.87. The summed E-state index contributed by atoms with van der Waals surface area (Å²) < 4.78 is 0. The minimum absolute atomic E-state index is 0.314. The number of carbonyl (C=O) groups excluding carboxylic acids is 2. The van der Waals surface area contributed by atoms with Crippen LogP contribution in [-0.4, -0.2) is 54.9 Å². The van der Waals surface area contributed by atoms with Crippen molar-refractivity contribution >= 4 is 40.7 Å². The second-order valence-electron chi connectivity index (χ2n) is 4.81. The zero-order chi connectivity index (χ0) is 15.4. The SMILES string of the molecule is CN1CCN(NC(=O)C(=O)Nc2ccc(Cl)c(Cl)c2)CC1. The van der Waals surface area contributed by atoms with Crippen LogP contribution < -0.4 is 10.7 Å². The lowest BCUT2D eigenvalue weighted by molar-refractivity contribution is -0.139. The first-order valence-corrected chi connectivity index (χ1v) is 7.22. The Morgan fingerprint density at radius 1 is 1.05 bits per heavy atom. The average molecular weight is 331 g/mol. The first-order valence-electron chi connectivity index (χ1n) is 6.46. The number of amides is 2. The molecule has 0 radical (unpaired) electrons. The number of nitrogens with one attached hydrogen (secondary N) is 2. The van der Waals surface area contributed by atoms with Crippen LogP contribution in [0, 0.1) is 0 Å². The van der Waals surface area contributed by atoms with E-state index in [0.29, 0.717) is 28.8 Å². The van der Waals surface area contributed by atoms with Crippen molar-refractivity contribution in [2.45, 2.75) is 0 Å². The molecule has 0 spiro atoms. The second-order valence-corrected chi connectivity index (χ2v) is 5.63. The van der Waals surface area contributed by atoms with Gasteiger partial charge in [-0.15, -0.1) is 0 Å². The summed E-state index contributed by atoms with van der Waals surface area (Å²) in [5.41, 5.74) is 3.00. The molecule has 2 amide bonds. The van der Waals surface area contributed by atoms with Gasteiger partial charge in [-0.25, -0.2) is 5.01 Å². The third-order valence-corrected chi connectivity index (χ3v) is 3.89. The Morgan fingerprint density at radius 2 is 1.71 bits per heavy atom. The van der Waals surface area contributed by atoms with Gasteiger partial charge in [0.25, 0.3) is 0 Å². The Bertz CT molecular complexity index is 545. The molecule has 0 aromatic heterocycles. The quantitative estimate of drug-likeness (QED) is 0.800. The standard InChI is InChI=1S/C13H16Cl2N4O2/c1-18-4-6-19(7-5-18)17-13(21)12(20)16-9-2-3-10(14)11(15)8-9/h2-3,8H,4-7H2,1H3,(H,16,20)(H,17,21). The van der Waals surface area contributed by atoms with E-state index in [4.69, 9.17) is 23.2 Å². The van der Waals surface area contributed by atoms with E-state index in [0.717, 1.165) is 13.1 Å². The third kappa shape index (κ3) is 4.57. The summed E-state index contributed by atoms with van der Waals surface area (Å²) in [6.45, 7) is 3.05. The number of benzene rings is 1. The van der Waals surface area contributed by atoms with Crippen LogP contribution in [0.3, 0.4) is 0 Å². The normalized spacial score (nSPS) is 16.5. The van der Waals surface area contributed by atoms with Crippen molar-refractivity contribution < 1.29 is 9.59 Å². The largest absolute Gasteiger partial charge is 0.323 e. The molecule has 114 valence electrons. The molecule has 2 rings (SSSR count). The van der Waals surface area contributed by atoms with Crippen LogP contribution in [0.4, 0.5) is 5.69 Å². The van der Waals surface area contributed by atoms with Crippen molar-refractivity contribution in [3.8, 4) is 0 Å². The van der Waals surface area contributed by atoms with Gasteiger partial charge in [0.2, 0.25) is 0 Å². The molecule has 0 atom stereocenters. The van der Waals surface area contributed by atoms with Gasteiger partial charge in [-0.2, -0.15) is 0 Å². The highest BCUT2D eigenvalue weighted by molar-refractivity contribution is 6.42. The predicted octanol–water partition coefficient (Wildman–Crippen LogP) is 1.21. The van der Waals surface area contributed by atoms with Gasteiger partial charge < -0.3 is 10.2 Å². The minimum atomic E-state index is -0.743. The molecule has 1 aliphatic rings. The topological polar surface area (TPSA) is 64.7 Å². The molecule has 1 aromatic rings. The van der Waals surface area contributed by atoms with Gasteiger partial charge in [-0.1, -0.05) is 23.2 Å². The molecule has 1 saturated heterocycles. The van der Waals surface area contributed by atoms with E-state index in [2.05, 4.69) is 15.6 Å². The fourth-order valence-corrected chi connectivity index (χ4v) is 2.17. The van der Waals surface area contributed by atoms with Gasteiger partial charge in [0.15, 0.2) is 0 Å². The van der Waals surface area contributed by atoms with Crippen LogP contribution in [-0.2, 0) is 9.59 Å². The predicted molar refractivity (Wildman–Crippen MR) is 82.3 cm³/mol. The van der Waals surface area contributed by atoms with Gasteiger partial charge in [-0.3, -0.25) is 15.0 Å². The first kappa shape index (κ1) is 16.0. The van der Waals surface area contributed by atoms with Crippen LogP contribution in [0.1, 0.15) is 0 Å². The zero-order valence-corrected chi connectivity index (χ0v) is 13.0. The molecule has 0 saturated carbocycles. The zero-order valence-electron chi connectivity index (χ0n) is 11.5. The molecular formula is C13H16Cl2N4O2. The molecule has 6 nitrogen and oxygen atoms in total. The van der Waals surface area contributed by atoms with Crippen molar-refractivity contribution in [1.82, 2.24) is 15.3 Å². The maximum Gasteiger partial charge on any atom is 0.323 e. The van der Waals surface area contributed by atoms with E-state index in [-0.39, 0.29) is 0 Å². The molecule has 0 unspecified atom stereocenters. The average Bonchev–Trinajstić information content (AvgIpc) is 2.45. The molecule has 0 aliphatic carbocycles. The number of carbonyl (C=O) groups is 2. The minimum Gasteiger partial charge on any atom is -0.318 e. The Labute approximate surface area is 132 Å². The van der Waals surface area contributed by atoms with E-state index >= 15 is 0 Å². The molecule has 1 aromatic carbocycles. The fourth-order valence-electron chi connectivity index (χ4n) is 1.87. The molecule has 1 fully saturated rings. The number of hydrazine groups is 1. The molecule has 1 aliphatic heterocycles. The summed E-state index contributed by atoms with van der Waals surface area (Å²) in [5, 5.41) is 4.91. The number of anilines is 1. The molecular weight excluding hydrogens is 315 g/mol. The highest BCUT2D eigenvalue weighted by atomic mass is 35.5. The van der Waals surface area contributed by atoms with Crippen LogP contribution in [0.5, 0.6) is 0 Å². The van der Waals surface area contributed by atoms with Gasteiger partial charge >= 0.3 is 11.8 Å². The highest BCUT2D eigenvalue weighted by Crippen LogP contribution is 2.24. The van der Waals surface area contributed by atoms with Crippen molar-refractivity contribution in [2.24, 2.45) is 0 Å². The van der Waals surface area contributed by atoms with E-state index < -0.39 is 11.8 Å². The second kappa shape index (κ2) is 7.09. The fraction of sp³-hybridized carbons (Fsp3) is 0.385. The van der Waals surface area contributed by atoms with Crippen molar-refractivity contribution in [2.75, 3.05) is 38.5 Å². The van der Waals surface area contributed by atoms with Crippen molar-refractivity contribution in [1.29, 1.82) is 0 Å². The van der Waals surface area contributed by atoms with Crippen molar-refractivity contribution in [3.05, 3.63) is 28.2 Å². The summed E-state index contributed by atoms with van der Waals surface area (Å²) in [5.74, 6) is -1.45. The smallest absolute Gasteiger partial charge is 0.318 e. The molecule has 21 heavy (non-hydrogen) atoms. The van der Waals surface area contributed by atoms with Gasteiger partial charge in [0.1, 0.15) is 0 Å². The molecule has 8 heteroatoms. The van der Waals surface area contributed by atoms with Gasteiger partial charge in [0.05, 0.1) is 10.0 Å². The van der Waals surface area contributed by atoms with E-state index in [1.807, 2.05) is 7.05 Å². The molecule has 1 heterocycles. The van der Waals surface area contributed by atoms with Crippen molar-refractivity contribution in [3.63, 3.8) is 0 Å². The lowest BCUT2D eigenvalue weighted by Crippen LogP contribution is -2.54. The lowest BCUT2D eigenvalue weighted by Gasteiger charge is -2.32. The van der Waals surface area contributed by atoms with E-state index in [9.17, 15) is 9.59 Å². The Kier molecular flexibility index (Phi) is 5.41. The van der Waals surface area contributed by atoms with Crippen LogP contribution in [0.25, 0.3) is 0 Å². The van der Waals surface area contributed by atoms with E-state index in [1.165, 1.54) is 6.07 Å². The van der Waals surface area contributed by atoms with Gasteiger partial charge in [0, 0.05) is 31.9 Å². The maximum atomic E-state index is 11.8. The number of nitrogens with zero attached hydrogens (tertiary/aromatic N) is 2. The third-order valence-electron chi connectivity index (χ3n) is 3.15. The number of halogens is 2. The summed E-state index contributed by atoms with van der Waals surface area (Å²) >= 11 is 11.6. The lowest BCUT2D eigenvalue weighted by atomic mass is 10.3. The summed E-state index contributed by atoms with van der Waals surface area (Å²) in [7, 11) is 2.01. The van der Waals surface area contributed by atoms with Crippen LogP contribution >= 0.6 is 23.2 Å². The number of hydrogen-bond donors (Lipinski definition) is 2. The highest BCUT2D eigenvalue weighted by Gasteiger charge is 2.20. The summed E-state index contributed by atoms with van der Waals surface area (Å²) in [6.07, 6.45) is 0. The summed E-state index contributed by atoms with van der Waals surface area (Å²) in [6, 6.07) is 4.62. The number of piperazine rings is 1. The number of rotatable bonds is 2. The molecule has 0 bridgehead atoms.